The van der Waals surface area contributed by atoms with Crippen LogP contribution in [0.4, 0.5) is 0 Å². The molecule has 1 aromatic rings. The van der Waals surface area contributed by atoms with E-state index in [1.165, 1.54) is 25.7 Å². The summed E-state index contributed by atoms with van der Waals surface area (Å²) < 4.78 is 5.09. The summed E-state index contributed by atoms with van der Waals surface area (Å²) in [5, 5.41) is 7.09. The van der Waals surface area contributed by atoms with Gasteiger partial charge in [0.05, 0.1) is 6.04 Å². The van der Waals surface area contributed by atoms with E-state index in [0.717, 1.165) is 6.42 Å². The molecule has 92 valence electrons. The Morgan fingerprint density at radius 1 is 1.41 bits per heavy atom. The van der Waals surface area contributed by atoms with E-state index in [1.54, 1.807) is 0 Å². The molecule has 0 bridgehead atoms. The van der Waals surface area contributed by atoms with Crippen LogP contribution in [-0.4, -0.2) is 22.1 Å². The van der Waals surface area contributed by atoms with Crippen LogP contribution in [0.5, 0.6) is 0 Å². The van der Waals surface area contributed by atoms with E-state index < -0.39 is 5.91 Å². The topological polar surface area (TPSA) is 94.0 Å². The van der Waals surface area contributed by atoms with Gasteiger partial charge in [-0.05, 0) is 25.2 Å². The van der Waals surface area contributed by atoms with Crippen molar-refractivity contribution < 1.29 is 9.32 Å². The van der Waals surface area contributed by atoms with Crippen molar-refractivity contribution in [2.24, 2.45) is 11.7 Å². The molecule has 1 aliphatic heterocycles. The molecule has 1 saturated heterocycles. The molecule has 1 aliphatic carbocycles. The summed E-state index contributed by atoms with van der Waals surface area (Å²) in [5.41, 5.74) is 5.10. The lowest BCUT2D eigenvalue weighted by Gasteiger charge is -2.24. The van der Waals surface area contributed by atoms with Crippen LogP contribution in [0.1, 0.15) is 54.7 Å². The Morgan fingerprint density at radius 2 is 2.24 bits per heavy atom. The van der Waals surface area contributed by atoms with Crippen molar-refractivity contribution in [2.45, 2.75) is 44.2 Å². The van der Waals surface area contributed by atoms with E-state index in [9.17, 15) is 4.79 Å². The third-order valence-electron chi connectivity index (χ3n) is 3.82. The zero-order valence-corrected chi connectivity index (χ0v) is 9.56. The van der Waals surface area contributed by atoms with Crippen LogP contribution in [0.15, 0.2) is 4.52 Å². The molecule has 2 heterocycles. The highest BCUT2D eigenvalue weighted by Crippen LogP contribution is 2.38. The second-order valence-corrected chi connectivity index (χ2v) is 4.93. The van der Waals surface area contributed by atoms with Gasteiger partial charge in [-0.15, -0.1) is 0 Å². The van der Waals surface area contributed by atoms with Crippen LogP contribution in [0.2, 0.25) is 0 Å². The number of amides is 1. The normalized spacial score (nSPS) is 32.4. The highest BCUT2D eigenvalue weighted by atomic mass is 16.5. The fraction of sp³-hybridized carbons (Fsp3) is 0.727. The predicted octanol–water partition coefficient (Wildman–Crippen LogP) is 0.762. The molecule has 0 aromatic carbocycles. The summed E-state index contributed by atoms with van der Waals surface area (Å²) in [6.07, 6.45) is 6.11. The highest BCUT2D eigenvalue weighted by molar-refractivity contribution is 5.88. The molecule has 1 saturated carbocycles. The number of hydrogen-bond donors (Lipinski definition) is 2. The number of nitrogens with one attached hydrogen (secondary N) is 1. The van der Waals surface area contributed by atoms with Crippen LogP contribution >= 0.6 is 0 Å². The van der Waals surface area contributed by atoms with Crippen LogP contribution in [0.3, 0.4) is 0 Å². The molecular weight excluding hydrogens is 220 g/mol. The van der Waals surface area contributed by atoms with Crippen molar-refractivity contribution in [3.05, 3.63) is 11.7 Å². The number of carbonyl (C=O) groups excluding carboxylic acids is 1. The van der Waals surface area contributed by atoms with Gasteiger partial charge >= 0.3 is 0 Å². The Morgan fingerprint density at radius 3 is 2.94 bits per heavy atom. The summed E-state index contributed by atoms with van der Waals surface area (Å²) in [5.74, 6) is 0.526. The molecule has 3 unspecified atom stereocenters. The molecule has 3 rings (SSSR count). The van der Waals surface area contributed by atoms with Crippen molar-refractivity contribution in [1.29, 1.82) is 0 Å². The molecule has 6 heteroatoms. The molecule has 0 spiro atoms. The van der Waals surface area contributed by atoms with Crippen LogP contribution < -0.4 is 11.1 Å². The lowest BCUT2D eigenvalue weighted by Crippen LogP contribution is -2.30. The first kappa shape index (κ1) is 10.7. The maximum absolute atomic E-state index is 10.9. The fourth-order valence-corrected chi connectivity index (χ4v) is 2.99. The minimum Gasteiger partial charge on any atom is -0.363 e. The predicted molar refractivity (Wildman–Crippen MR) is 59.1 cm³/mol. The summed E-state index contributed by atoms with van der Waals surface area (Å²) in [6.45, 7) is 0. The Bertz CT molecular complexity index is 417. The number of nitrogens with two attached hydrogens (primary N) is 1. The second-order valence-electron chi connectivity index (χ2n) is 4.93. The average Bonchev–Trinajstić information content (AvgIpc) is 2.95. The van der Waals surface area contributed by atoms with E-state index in [0.29, 0.717) is 17.9 Å². The number of rotatable bonds is 2. The summed E-state index contributed by atoms with van der Waals surface area (Å²) in [7, 11) is 0. The molecule has 3 N–H and O–H groups in total. The number of fused-ring (bicyclic) bond motifs is 1. The molecule has 3 atom stereocenters. The fourth-order valence-electron chi connectivity index (χ4n) is 2.99. The van der Waals surface area contributed by atoms with Crippen molar-refractivity contribution in [2.75, 3.05) is 0 Å². The molecule has 1 aromatic heterocycles. The van der Waals surface area contributed by atoms with Crippen LogP contribution in [-0.2, 0) is 0 Å². The quantitative estimate of drug-likeness (QED) is 0.790. The van der Waals surface area contributed by atoms with Crippen molar-refractivity contribution in [3.8, 4) is 0 Å². The molecule has 6 nitrogen and oxygen atoms in total. The largest absolute Gasteiger partial charge is 0.363 e. The molecule has 0 radical (unpaired) electrons. The van der Waals surface area contributed by atoms with Gasteiger partial charge in [0.15, 0.2) is 0 Å². The Balaban J connectivity index is 1.74. The minimum atomic E-state index is -0.643. The number of carbonyl (C=O) groups is 1. The summed E-state index contributed by atoms with van der Waals surface area (Å²) in [6, 6.07) is 0.654. The zero-order chi connectivity index (χ0) is 11.8. The molecule has 17 heavy (non-hydrogen) atoms. The minimum absolute atomic E-state index is 0.0309. The average molecular weight is 236 g/mol. The van der Waals surface area contributed by atoms with E-state index in [-0.39, 0.29) is 11.9 Å². The Kier molecular flexibility index (Phi) is 2.58. The van der Waals surface area contributed by atoms with Gasteiger partial charge in [0, 0.05) is 6.04 Å². The van der Waals surface area contributed by atoms with Gasteiger partial charge in [0.2, 0.25) is 5.89 Å². The maximum Gasteiger partial charge on any atom is 0.290 e. The van der Waals surface area contributed by atoms with Gasteiger partial charge in [-0.3, -0.25) is 4.79 Å². The SMILES string of the molecule is NC(=O)c1noc(C2CC3CCCCC3N2)n1. The van der Waals surface area contributed by atoms with Crippen molar-refractivity contribution in [3.63, 3.8) is 0 Å². The number of nitrogens with zero attached hydrogens (tertiary/aromatic N) is 2. The summed E-state index contributed by atoms with van der Waals surface area (Å²) in [4.78, 5) is 14.9. The Labute approximate surface area is 98.9 Å². The van der Waals surface area contributed by atoms with E-state index in [2.05, 4.69) is 15.5 Å². The third kappa shape index (κ3) is 1.93. The molecule has 1 amide bonds. The van der Waals surface area contributed by atoms with Crippen molar-refractivity contribution in [1.82, 2.24) is 15.5 Å². The van der Waals surface area contributed by atoms with E-state index in [1.807, 2.05) is 0 Å². The van der Waals surface area contributed by atoms with Gasteiger partial charge in [0.1, 0.15) is 0 Å². The smallest absolute Gasteiger partial charge is 0.290 e. The summed E-state index contributed by atoms with van der Waals surface area (Å²) >= 11 is 0. The number of hydrogen-bond acceptors (Lipinski definition) is 5. The standard InChI is InChI=1S/C11H16N4O2/c12-9(16)10-14-11(17-15-10)8-5-6-3-1-2-4-7(6)13-8/h6-8,13H,1-5H2,(H2,12,16). The first-order chi connectivity index (χ1) is 8.24. The van der Waals surface area contributed by atoms with Gasteiger partial charge in [-0.1, -0.05) is 18.0 Å². The monoisotopic (exact) mass is 236 g/mol. The van der Waals surface area contributed by atoms with E-state index >= 15 is 0 Å². The maximum atomic E-state index is 10.9. The van der Waals surface area contributed by atoms with E-state index in [4.69, 9.17) is 10.3 Å². The van der Waals surface area contributed by atoms with Gasteiger partial charge < -0.3 is 15.6 Å². The zero-order valence-electron chi connectivity index (χ0n) is 9.56. The first-order valence-corrected chi connectivity index (χ1v) is 6.13. The van der Waals surface area contributed by atoms with Gasteiger partial charge in [-0.2, -0.15) is 4.98 Å². The van der Waals surface area contributed by atoms with Crippen LogP contribution in [0.25, 0.3) is 0 Å². The van der Waals surface area contributed by atoms with Crippen LogP contribution in [0, 0.1) is 5.92 Å². The third-order valence-corrected chi connectivity index (χ3v) is 3.82. The molecule has 2 aliphatic rings. The van der Waals surface area contributed by atoms with Crippen molar-refractivity contribution >= 4 is 5.91 Å². The highest BCUT2D eigenvalue weighted by Gasteiger charge is 2.38. The lowest BCUT2D eigenvalue weighted by molar-refractivity contribution is 0.0987. The van der Waals surface area contributed by atoms with Gasteiger partial charge in [0.25, 0.3) is 11.7 Å². The number of aromatic nitrogens is 2. The molecule has 2 fully saturated rings. The first-order valence-electron chi connectivity index (χ1n) is 6.13. The second kappa shape index (κ2) is 4.10. The number of primary amides is 1. The Hall–Kier alpha value is -1.43. The lowest BCUT2D eigenvalue weighted by atomic mass is 9.85. The van der Waals surface area contributed by atoms with Gasteiger partial charge in [-0.25, -0.2) is 0 Å². The molecular formula is C11H16N4O2.